The Hall–Kier alpha value is -2.41. The molecular weight excluding hydrogens is 435 g/mol. The van der Waals surface area contributed by atoms with Crippen LogP contribution in [-0.2, 0) is 0 Å². The normalized spacial score (nSPS) is 12.4. The fourth-order valence-electron chi connectivity index (χ4n) is 4.24. The molecule has 1 atom stereocenters. The minimum absolute atomic E-state index is 0. The number of nitrogens with one attached hydrogen (secondary N) is 1. The van der Waals surface area contributed by atoms with E-state index in [1.165, 1.54) is 11.3 Å². The third kappa shape index (κ3) is 4.07. The van der Waals surface area contributed by atoms with Gasteiger partial charge in [0.05, 0.1) is 12.6 Å². The number of hydrogen-bond acceptors (Lipinski definition) is 4. The number of rotatable bonds is 5. The fraction of sp³-hybridized carbons (Fsp3) is 0.292. The van der Waals surface area contributed by atoms with Crippen LogP contribution in [0.2, 0.25) is 0 Å². The zero-order valence-electron chi connectivity index (χ0n) is 18.2. The van der Waals surface area contributed by atoms with Gasteiger partial charge in [-0.2, -0.15) is 0 Å². The second-order valence-electron chi connectivity index (χ2n) is 8.04. The maximum atomic E-state index is 15.2. The van der Waals surface area contributed by atoms with Gasteiger partial charge in [0.25, 0.3) is 5.56 Å². The van der Waals surface area contributed by atoms with E-state index in [1.54, 1.807) is 13.2 Å². The summed E-state index contributed by atoms with van der Waals surface area (Å²) in [4.78, 5) is 17.6. The van der Waals surface area contributed by atoms with Gasteiger partial charge in [-0.1, -0.05) is 19.1 Å². The van der Waals surface area contributed by atoms with E-state index in [0.717, 1.165) is 39.5 Å². The van der Waals surface area contributed by atoms with Gasteiger partial charge in [-0.15, -0.1) is 23.7 Å². The highest BCUT2D eigenvalue weighted by atomic mass is 35.5. The van der Waals surface area contributed by atoms with Crippen molar-refractivity contribution in [3.63, 3.8) is 0 Å². The first-order valence-electron chi connectivity index (χ1n) is 9.87. The van der Waals surface area contributed by atoms with E-state index in [0.29, 0.717) is 16.0 Å². The summed E-state index contributed by atoms with van der Waals surface area (Å²) in [6.45, 7) is 4.73. The number of H-pyrrole nitrogens is 1. The molecule has 2 aromatic carbocycles. The van der Waals surface area contributed by atoms with Gasteiger partial charge in [0.1, 0.15) is 16.3 Å². The van der Waals surface area contributed by atoms with Gasteiger partial charge in [-0.25, -0.2) is 4.39 Å². The third-order valence-corrected chi connectivity index (χ3v) is 6.46. The highest BCUT2D eigenvalue weighted by molar-refractivity contribution is 7.17. The Labute approximate surface area is 191 Å². The van der Waals surface area contributed by atoms with Crippen LogP contribution in [0.3, 0.4) is 0 Å². The van der Waals surface area contributed by atoms with Crippen molar-refractivity contribution in [3.8, 4) is 16.9 Å². The molecule has 7 heteroatoms. The number of halogens is 2. The number of fused-ring (bicyclic) bond motifs is 3. The number of hydrogen-bond donors (Lipinski definition) is 1. The lowest BCUT2D eigenvalue weighted by molar-refractivity contribution is 0.378. The van der Waals surface area contributed by atoms with Gasteiger partial charge in [-0.3, -0.25) is 4.79 Å². The number of aromatic nitrogens is 1. The quantitative estimate of drug-likeness (QED) is 0.400. The van der Waals surface area contributed by atoms with E-state index in [4.69, 9.17) is 4.74 Å². The minimum atomic E-state index is -0.233. The van der Waals surface area contributed by atoms with Crippen LogP contribution in [0.5, 0.6) is 5.75 Å². The van der Waals surface area contributed by atoms with E-state index in [1.807, 2.05) is 57.6 Å². The van der Waals surface area contributed by atoms with Gasteiger partial charge in [0, 0.05) is 22.9 Å². The summed E-state index contributed by atoms with van der Waals surface area (Å²) in [5.74, 6) is 0.502. The monoisotopic (exact) mass is 460 g/mol. The van der Waals surface area contributed by atoms with Crippen LogP contribution in [0.25, 0.3) is 32.1 Å². The summed E-state index contributed by atoms with van der Waals surface area (Å²) in [5, 5.41) is 3.65. The average Bonchev–Trinajstić information content (AvgIpc) is 3.18. The molecule has 1 unspecified atom stereocenters. The Morgan fingerprint density at radius 2 is 1.97 bits per heavy atom. The molecule has 0 radical (unpaired) electrons. The molecule has 0 saturated carbocycles. The number of thiophene rings is 1. The smallest absolute Gasteiger partial charge is 0.266 e. The van der Waals surface area contributed by atoms with Gasteiger partial charge >= 0.3 is 0 Å². The molecule has 4 rings (SSSR count). The Bertz CT molecular complexity index is 1310. The summed E-state index contributed by atoms with van der Waals surface area (Å²) in [5.41, 5.74) is 3.78. The Morgan fingerprint density at radius 3 is 2.61 bits per heavy atom. The molecule has 0 fully saturated rings. The average molecular weight is 461 g/mol. The van der Waals surface area contributed by atoms with Crippen LogP contribution < -0.4 is 10.3 Å². The molecule has 0 aliphatic heterocycles. The standard InChI is InChI=1S/C24H25FN2O2S.ClH/c1-13-10-19(29-5)20(21-17-8-9-30-23(17)24(28)26-22(13)21)15-6-7-16(18(25)11-15)14(2)12-27(3)4;/h6-11,14H,12H2,1-5H3,(H,26,28);1H. The van der Waals surface area contributed by atoms with Crippen molar-refractivity contribution in [3.05, 3.63) is 63.0 Å². The lowest BCUT2D eigenvalue weighted by Crippen LogP contribution is -2.19. The molecule has 2 heterocycles. The van der Waals surface area contributed by atoms with Crippen molar-refractivity contribution >= 4 is 44.7 Å². The van der Waals surface area contributed by atoms with Crippen molar-refractivity contribution in [1.29, 1.82) is 0 Å². The van der Waals surface area contributed by atoms with Gasteiger partial charge < -0.3 is 14.6 Å². The summed E-state index contributed by atoms with van der Waals surface area (Å²) in [6.07, 6.45) is 0. The predicted molar refractivity (Wildman–Crippen MR) is 131 cm³/mol. The molecule has 31 heavy (non-hydrogen) atoms. The second kappa shape index (κ2) is 8.99. The molecule has 4 nitrogen and oxygen atoms in total. The first kappa shape index (κ1) is 23.3. The van der Waals surface area contributed by atoms with Crippen LogP contribution in [-0.4, -0.2) is 37.6 Å². The topological polar surface area (TPSA) is 45.3 Å². The lowest BCUT2D eigenvalue weighted by Gasteiger charge is -2.19. The first-order valence-corrected chi connectivity index (χ1v) is 10.7. The first-order chi connectivity index (χ1) is 14.3. The number of aromatic amines is 1. The molecule has 1 N–H and O–H groups in total. The van der Waals surface area contributed by atoms with Crippen LogP contribution in [0.4, 0.5) is 4.39 Å². The number of ether oxygens (including phenoxy) is 1. The lowest BCUT2D eigenvalue weighted by atomic mass is 9.92. The van der Waals surface area contributed by atoms with E-state index in [2.05, 4.69) is 9.88 Å². The Morgan fingerprint density at radius 1 is 1.23 bits per heavy atom. The number of methoxy groups -OCH3 is 1. The maximum Gasteiger partial charge on any atom is 0.266 e. The highest BCUT2D eigenvalue weighted by Gasteiger charge is 2.20. The van der Waals surface area contributed by atoms with Gasteiger partial charge in [0.2, 0.25) is 0 Å². The van der Waals surface area contributed by atoms with Crippen LogP contribution in [0.15, 0.2) is 40.5 Å². The fourth-order valence-corrected chi connectivity index (χ4v) is 5.04. The summed E-state index contributed by atoms with van der Waals surface area (Å²) >= 11 is 1.40. The van der Waals surface area contributed by atoms with Crippen molar-refractivity contribution < 1.29 is 9.13 Å². The molecule has 0 amide bonds. The van der Waals surface area contributed by atoms with Crippen LogP contribution in [0.1, 0.15) is 24.0 Å². The molecule has 0 aliphatic rings. The van der Waals surface area contributed by atoms with E-state index >= 15 is 4.39 Å². The largest absolute Gasteiger partial charge is 0.496 e. The van der Waals surface area contributed by atoms with E-state index in [9.17, 15) is 4.79 Å². The molecule has 2 aromatic heterocycles. The van der Waals surface area contributed by atoms with E-state index < -0.39 is 0 Å². The van der Waals surface area contributed by atoms with Crippen molar-refractivity contribution in [2.45, 2.75) is 19.8 Å². The van der Waals surface area contributed by atoms with Crippen molar-refractivity contribution in [2.24, 2.45) is 0 Å². The predicted octanol–water partition coefficient (Wildman–Crippen LogP) is 5.95. The third-order valence-electron chi connectivity index (χ3n) is 5.55. The van der Waals surface area contributed by atoms with E-state index in [-0.39, 0.29) is 29.7 Å². The SMILES string of the molecule is COc1cc(C)c2[nH]c(=O)c3sccc3c2c1-c1ccc(C(C)CN(C)C)c(F)c1.Cl. The van der Waals surface area contributed by atoms with Gasteiger partial charge in [0.15, 0.2) is 0 Å². The zero-order chi connectivity index (χ0) is 21.6. The molecule has 0 bridgehead atoms. The van der Waals surface area contributed by atoms with Crippen molar-refractivity contribution in [2.75, 3.05) is 27.7 Å². The molecule has 4 aromatic rings. The van der Waals surface area contributed by atoms with Crippen molar-refractivity contribution in [1.82, 2.24) is 9.88 Å². The molecule has 164 valence electrons. The highest BCUT2D eigenvalue weighted by Crippen LogP contribution is 2.42. The van der Waals surface area contributed by atoms with Crippen LogP contribution >= 0.6 is 23.7 Å². The number of nitrogens with zero attached hydrogens (tertiary/aromatic N) is 1. The maximum absolute atomic E-state index is 15.2. The number of aryl methyl sites for hydroxylation is 1. The zero-order valence-corrected chi connectivity index (χ0v) is 19.8. The Kier molecular flexibility index (Phi) is 6.74. The summed E-state index contributed by atoms with van der Waals surface area (Å²) < 4.78 is 21.5. The minimum Gasteiger partial charge on any atom is -0.496 e. The Balaban J connectivity index is 0.00000272. The molecular formula is C24H26ClFN2O2S. The number of likely N-dealkylation sites (N-methyl/N-ethyl adjacent to an activating group) is 1. The molecule has 0 spiro atoms. The van der Waals surface area contributed by atoms with Gasteiger partial charge in [-0.05, 0) is 67.2 Å². The molecule has 0 aliphatic carbocycles. The number of benzene rings is 2. The van der Waals surface area contributed by atoms with Crippen LogP contribution in [0, 0.1) is 12.7 Å². The molecule has 0 saturated heterocycles. The summed E-state index contributed by atoms with van der Waals surface area (Å²) in [7, 11) is 5.59. The number of pyridine rings is 1. The second-order valence-corrected chi connectivity index (χ2v) is 8.95. The summed E-state index contributed by atoms with van der Waals surface area (Å²) in [6, 6.07) is 9.23.